The highest BCUT2D eigenvalue weighted by molar-refractivity contribution is 5.88. The van der Waals surface area contributed by atoms with Gasteiger partial charge >= 0.3 is 5.97 Å². The van der Waals surface area contributed by atoms with E-state index in [9.17, 15) is 4.79 Å². The molecular weight excluding hydrogens is 714 g/mol. The van der Waals surface area contributed by atoms with Crippen molar-refractivity contribution < 1.29 is 31.1 Å². The summed E-state index contributed by atoms with van der Waals surface area (Å²) in [7, 11) is 0. The Balaban J connectivity index is 0.00000541. The van der Waals surface area contributed by atoms with Gasteiger partial charge in [-0.2, -0.15) is 0 Å². The maximum absolute atomic E-state index is 13.8. The number of carbonyl (C=O) groups excluding carboxylic acids is 1. The first-order valence-electron chi connectivity index (χ1n) is 22.6. The van der Waals surface area contributed by atoms with Gasteiger partial charge in [0, 0.05) is 17.9 Å². The average molecular weight is 795 g/mol. The lowest BCUT2D eigenvalue weighted by Crippen LogP contribution is -3.00. The van der Waals surface area contributed by atoms with Gasteiger partial charge < -0.3 is 21.7 Å². The molecule has 10 atom stereocenters. The SMILES string of the molecule is CCCCCCCCCCCCC[n+]1cccc(C(=O)O[C@H]2CC[C@]3(C)[C@H]4CC=C5[C@@H]6[C@@H](C)[C@H](C)CC[C@]6(C)CC[C@@]5(C)[C@]4(C)CC[C@H]3C2(C)C)c1.[Br-]. The molecule has 53 heavy (non-hydrogen) atoms. The number of aryl methyl sites for hydroxylation is 1. The number of rotatable bonds is 14. The normalized spacial score (nSPS) is 38.6. The van der Waals surface area contributed by atoms with E-state index in [-0.39, 0.29) is 39.9 Å². The zero-order valence-corrected chi connectivity index (χ0v) is 37.4. The van der Waals surface area contributed by atoms with Crippen LogP contribution >= 0.6 is 0 Å². The van der Waals surface area contributed by atoms with E-state index in [0.717, 1.165) is 30.7 Å². The zero-order chi connectivity index (χ0) is 37.4. The Morgan fingerprint density at radius 2 is 1.45 bits per heavy atom. The molecule has 0 amide bonds. The Bertz CT molecular complexity index is 1420. The summed E-state index contributed by atoms with van der Waals surface area (Å²) in [6, 6.07) is 4.00. The molecule has 3 nitrogen and oxygen atoms in total. The smallest absolute Gasteiger partial charge is 0.344 e. The minimum absolute atomic E-state index is 0. The Morgan fingerprint density at radius 3 is 2.13 bits per heavy atom. The first-order chi connectivity index (χ1) is 24.7. The highest BCUT2D eigenvalue weighted by atomic mass is 79.9. The molecule has 0 spiro atoms. The van der Waals surface area contributed by atoms with E-state index >= 15 is 0 Å². The second kappa shape index (κ2) is 17.1. The van der Waals surface area contributed by atoms with Gasteiger partial charge in [0.15, 0.2) is 12.4 Å². The number of unbranched alkanes of at least 4 members (excludes halogenated alkanes) is 10. The molecule has 1 heterocycles. The number of allylic oxidation sites excluding steroid dienone is 2. The van der Waals surface area contributed by atoms with Crippen molar-refractivity contribution in [1.82, 2.24) is 0 Å². The molecule has 4 fully saturated rings. The fourth-order valence-electron chi connectivity index (χ4n) is 14.0. The maximum atomic E-state index is 13.8. The maximum Gasteiger partial charge on any atom is 0.344 e. The van der Waals surface area contributed by atoms with E-state index in [4.69, 9.17) is 4.74 Å². The molecule has 0 bridgehead atoms. The van der Waals surface area contributed by atoms with E-state index in [1.807, 2.05) is 23.9 Å². The molecule has 0 unspecified atom stereocenters. The number of pyridine rings is 1. The lowest BCUT2D eigenvalue weighted by Gasteiger charge is -2.71. The predicted molar refractivity (Wildman–Crippen MR) is 217 cm³/mol. The Morgan fingerprint density at radius 1 is 0.792 bits per heavy atom. The summed E-state index contributed by atoms with van der Waals surface area (Å²) in [5.41, 5.74) is 3.90. The number of nitrogens with zero attached hydrogens (tertiary/aromatic N) is 1. The second-order valence-electron chi connectivity index (χ2n) is 20.9. The van der Waals surface area contributed by atoms with E-state index in [1.54, 1.807) is 0 Å². The first-order valence-corrected chi connectivity index (χ1v) is 22.6. The molecule has 0 N–H and O–H groups in total. The monoisotopic (exact) mass is 794 g/mol. The third kappa shape index (κ3) is 8.04. The van der Waals surface area contributed by atoms with Crippen LogP contribution < -0.4 is 21.5 Å². The summed E-state index contributed by atoms with van der Waals surface area (Å²) in [6.45, 7) is 24.0. The molecule has 4 heteroatoms. The lowest BCUT2D eigenvalue weighted by atomic mass is 9.33. The van der Waals surface area contributed by atoms with Crippen molar-refractivity contribution in [1.29, 1.82) is 0 Å². The Labute approximate surface area is 337 Å². The molecule has 1 aromatic heterocycles. The van der Waals surface area contributed by atoms with Crippen LogP contribution in [0.4, 0.5) is 0 Å². The molecular formula is C49H80BrNO2. The molecule has 5 aliphatic rings. The number of ether oxygens (including phenoxy) is 1. The number of hydrogen-bond donors (Lipinski definition) is 0. The zero-order valence-electron chi connectivity index (χ0n) is 35.8. The third-order valence-electron chi connectivity index (χ3n) is 17.7. The van der Waals surface area contributed by atoms with Gasteiger partial charge in [-0.05, 0) is 122 Å². The third-order valence-corrected chi connectivity index (χ3v) is 17.7. The summed E-state index contributed by atoms with van der Waals surface area (Å²) in [6.07, 6.45) is 33.3. The Hall–Kier alpha value is -1.16. The van der Waals surface area contributed by atoms with Crippen LogP contribution in [0.25, 0.3) is 0 Å². The largest absolute Gasteiger partial charge is 1.00 e. The van der Waals surface area contributed by atoms with Crippen molar-refractivity contribution >= 4 is 5.97 Å². The van der Waals surface area contributed by atoms with Crippen LogP contribution in [0.15, 0.2) is 36.2 Å². The number of halogens is 1. The van der Waals surface area contributed by atoms with Crippen molar-refractivity contribution in [3.63, 3.8) is 0 Å². The molecule has 4 saturated carbocycles. The molecule has 300 valence electrons. The van der Waals surface area contributed by atoms with Crippen LogP contribution in [0.5, 0.6) is 0 Å². The van der Waals surface area contributed by atoms with Crippen molar-refractivity contribution in [2.75, 3.05) is 0 Å². The number of hydrogen-bond acceptors (Lipinski definition) is 2. The standard InChI is InChI=1S/C49H80NO2.BrH/c1-10-11-12-13-14-15-16-17-18-19-20-33-50-34-21-22-38(35-50)44(51)52-42-27-29-47(7)40(45(42,4)5)26-30-49(9)41(47)24-23-39-43-37(3)36(2)25-28-46(43,6)31-32-48(39,49)8;/h21-23,34-37,40-43H,10-20,24-33H2,1-9H3;1H/q+1;/p-1/t36-,37+,40+,41-,42+,43+,46-,47+,48-,49-;/m1./s1. The van der Waals surface area contributed by atoms with Crippen molar-refractivity contribution in [3.8, 4) is 0 Å². The number of carbonyl (C=O) groups is 1. The minimum atomic E-state index is -0.130. The molecule has 6 rings (SSSR count). The molecule has 0 saturated heterocycles. The van der Waals surface area contributed by atoms with E-state index in [0.29, 0.717) is 33.6 Å². The predicted octanol–water partition coefficient (Wildman–Crippen LogP) is 10.5. The highest BCUT2D eigenvalue weighted by Crippen LogP contribution is 2.75. The summed E-state index contributed by atoms with van der Waals surface area (Å²) in [5.74, 6) is 3.48. The van der Waals surface area contributed by atoms with Crippen LogP contribution in [0.1, 0.15) is 201 Å². The number of fused-ring (bicyclic) bond motifs is 7. The van der Waals surface area contributed by atoms with Gasteiger partial charge in [-0.25, -0.2) is 9.36 Å². The van der Waals surface area contributed by atoms with Gasteiger partial charge in [-0.1, -0.05) is 132 Å². The van der Waals surface area contributed by atoms with Gasteiger partial charge in [-0.15, -0.1) is 0 Å². The van der Waals surface area contributed by atoms with Gasteiger partial charge in [-0.3, -0.25) is 0 Å². The minimum Gasteiger partial charge on any atom is -1.00 e. The van der Waals surface area contributed by atoms with Crippen molar-refractivity contribution in [2.24, 2.45) is 56.7 Å². The van der Waals surface area contributed by atoms with Crippen molar-refractivity contribution in [3.05, 3.63) is 41.7 Å². The quantitative estimate of drug-likeness (QED) is 0.0813. The second-order valence-corrected chi connectivity index (χ2v) is 20.9. The van der Waals surface area contributed by atoms with Gasteiger partial charge in [0.1, 0.15) is 18.2 Å². The van der Waals surface area contributed by atoms with Crippen LogP contribution in [-0.4, -0.2) is 12.1 Å². The topological polar surface area (TPSA) is 30.2 Å². The first kappa shape index (κ1) is 43.0. The molecule has 1 aromatic rings. The summed E-state index contributed by atoms with van der Waals surface area (Å²) < 4.78 is 8.76. The van der Waals surface area contributed by atoms with Gasteiger partial charge in [0.2, 0.25) is 0 Å². The summed E-state index contributed by atoms with van der Waals surface area (Å²) >= 11 is 0. The average Bonchev–Trinajstić information content (AvgIpc) is 3.11. The summed E-state index contributed by atoms with van der Waals surface area (Å²) in [5, 5.41) is 0. The molecule has 0 radical (unpaired) electrons. The van der Waals surface area contributed by atoms with Crippen LogP contribution in [-0.2, 0) is 11.3 Å². The highest BCUT2D eigenvalue weighted by Gasteiger charge is 2.68. The van der Waals surface area contributed by atoms with E-state index < -0.39 is 0 Å². The van der Waals surface area contributed by atoms with Crippen molar-refractivity contribution in [2.45, 2.75) is 203 Å². The van der Waals surface area contributed by atoms with Gasteiger partial charge in [0.25, 0.3) is 0 Å². The molecule has 5 aliphatic carbocycles. The Kier molecular flexibility index (Phi) is 13.9. The number of aromatic nitrogens is 1. The molecule has 0 aliphatic heterocycles. The van der Waals surface area contributed by atoms with Crippen LogP contribution in [0, 0.1) is 56.7 Å². The van der Waals surface area contributed by atoms with Gasteiger partial charge in [0.05, 0.1) is 0 Å². The van der Waals surface area contributed by atoms with Crippen LogP contribution in [0.3, 0.4) is 0 Å². The fraction of sp³-hybridized carbons (Fsp3) is 0.837. The van der Waals surface area contributed by atoms with E-state index in [1.165, 1.54) is 122 Å². The molecule has 0 aromatic carbocycles. The fourth-order valence-corrected chi connectivity index (χ4v) is 14.0. The van der Waals surface area contributed by atoms with Crippen LogP contribution in [0.2, 0.25) is 0 Å². The number of esters is 1. The summed E-state index contributed by atoms with van der Waals surface area (Å²) in [4.78, 5) is 13.8. The van der Waals surface area contributed by atoms with E-state index in [2.05, 4.69) is 79.2 Å². The lowest BCUT2D eigenvalue weighted by molar-refractivity contribution is -0.697.